The first-order chi connectivity index (χ1) is 14.1. The zero-order chi connectivity index (χ0) is 20.6. The first-order valence-corrected chi connectivity index (χ1v) is 10.1. The minimum atomic E-state index is -0.105. The number of nitrogens with one attached hydrogen (secondary N) is 1. The summed E-state index contributed by atoms with van der Waals surface area (Å²) in [5, 5.41) is 3.13. The van der Waals surface area contributed by atoms with Crippen molar-refractivity contribution >= 4 is 17.4 Å². The van der Waals surface area contributed by atoms with Crippen molar-refractivity contribution in [3.63, 3.8) is 0 Å². The molecule has 0 spiro atoms. The molecule has 0 aliphatic carbocycles. The van der Waals surface area contributed by atoms with E-state index in [1.54, 1.807) is 24.7 Å². The second-order valence-electron chi connectivity index (χ2n) is 7.04. The average Bonchev–Trinajstić information content (AvgIpc) is 2.78. The van der Waals surface area contributed by atoms with Crippen LogP contribution in [0.15, 0.2) is 61.1 Å². The fourth-order valence-corrected chi connectivity index (χ4v) is 3.32. The number of anilines is 2. The van der Waals surface area contributed by atoms with Gasteiger partial charge in [-0.15, -0.1) is 0 Å². The number of rotatable bonds is 8. The predicted molar refractivity (Wildman–Crippen MR) is 119 cm³/mol. The maximum atomic E-state index is 12.9. The summed E-state index contributed by atoms with van der Waals surface area (Å²) >= 11 is 0. The molecule has 1 aromatic carbocycles. The van der Waals surface area contributed by atoms with Gasteiger partial charge in [-0.25, -0.2) is 4.98 Å². The monoisotopic (exact) mass is 388 g/mol. The highest BCUT2D eigenvalue weighted by Crippen LogP contribution is 2.23. The van der Waals surface area contributed by atoms with E-state index in [0.717, 1.165) is 48.4 Å². The summed E-state index contributed by atoms with van der Waals surface area (Å²) < 4.78 is 0. The van der Waals surface area contributed by atoms with Gasteiger partial charge in [-0.3, -0.25) is 9.78 Å². The Kier molecular flexibility index (Phi) is 6.95. The molecule has 0 bridgehead atoms. The fourth-order valence-electron chi connectivity index (χ4n) is 3.32. The van der Waals surface area contributed by atoms with Crippen LogP contribution >= 0.6 is 0 Å². The molecular formula is C24H28N4O. The Labute approximate surface area is 172 Å². The molecule has 5 nitrogen and oxygen atoms in total. The number of pyridine rings is 2. The van der Waals surface area contributed by atoms with Crippen molar-refractivity contribution in [1.82, 2.24) is 9.97 Å². The Morgan fingerprint density at radius 3 is 2.34 bits per heavy atom. The molecule has 3 aromatic rings. The van der Waals surface area contributed by atoms with E-state index in [1.165, 1.54) is 5.56 Å². The molecule has 0 aliphatic rings. The number of hydrogen-bond donors (Lipinski definition) is 1. The van der Waals surface area contributed by atoms with Crippen molar-refractivity contribution in [2.75, 3.05) is 23.8 Å². The summed E-state index contributed by atoms with van der Waals surface area (Å²) in [4.78, 5) is 23.5. The maximum absolute atomic E-state index is 12.9. The number of carbonyl (C=O) groups is 1. The zero-order valence-electron chi connectivity index (χ0n) is 17.4. The van der Waals surface area contributed by atoms with E-state index >= 15 is 0 Å². The number of nitrogens with zero attached hydrogens (tertiary/aromatic N) is 3. The largest absolute Gasteiger partial charge is 0.359 e. The van der Waals surface area contributed by atoms with Gasteiger partial charge >= 0.3 is 0 Å². The van der Waals surface area contributed by atoms with Crippen LogP contribution in [0.4, 0.5) is 11.5 Å². The molecule has 0 unspecified atom stereocenters. The number of hydrogen-bond acceptors (Lipinski definition) is 4. The standard InChI is InChI=1S/C24H28N4O/c1-4-19-7-6-8-20(5-2)23(19)27-24(29)21-11-15-26-22(17-21)28(3)16-12-18-9-13-25-14-10-18/h6-11,13-15,17H,4-5,12,16H2,1-3H3,(H,27,29). The molecule has 0 radical (unpaired) electrons. The first kappa shape index (κ1) is 20.5. The molecule has 0 fully saturated rings. The lowest BCUT2D eigenvalue weighted by atomic mass is 10.0. The van der Waals surface area contributed by atoms with Crippen LogP contribution in [0.3, 0.4) is 0 Å². The van der Waals surface area contributed by atoms with Crippen LogP contribution in [0, 0.1) is 0 Å². The van der Waals surface area contributed by atoms with Crippen LogP contribution in [-0.4, -0.2) is 29.5 Å². The van der Waals surface area contributed by atoms with Gasteiger partial charge in [0, 0.05) is 43.4 Å². The van der Waals surface area contributed by atoms with E-state index in [-0.39, 0.29) is 5.91 Å². The summed E-state index contributed by atoms with van der Waals surface area (Å²) in [5.41, 5.74) is 5.08. The molecule has 5 heteroatoms. The van der Waals surface area contributed by atoms with Gasteiger partial charge in [-0.05, 0) is 60.2 Å². The Hall–Kier alpha value is -3.21. The lowest BCUT2D eigenvalue weighted by Gasteiger charge is -2.19. The molecule has 2 heterocycles. The summed E-state index contributed by atoms with van der Waals surface area (Å²) in [6.45, 7) is 5.01. The number of likely N-dealkylation sites (N-methyl/N-ethyl adjacent to an activating group) is 1. The predicted octanol–water partition coefficient (Wildman–Crippen LogP) is 4.53. The minimum absolute atomic E-state index is 0.105. The molecule has 150 valence electrons. The second kappa shape index (κ2) is 9.82. The van der Waals surface area contributed by atoms with Gasteiger partial charge in [0.1, 0.15) is 5.82 Å². The number of aromatic nitrogens is 2. The summed E-state index contributed by atoms with van der Waals surface area (Å²) in [6.07, 6.45) is 7.95. The van der Waals surface area contributed by atoms with Gasteiger partial charge in [0.05, 0.1) is 0 Å². The van der Waals surface area contributed by atoms with Crippen LogP contribution in [0.1, 0.15) is 40.9 Å². The minimum Gasteiger partial charge on any atom is -0.359 e. The van der Waals surface area contributed by atoms with Gasteiger partial charge in [0.25, 0.3) is 5.91 Å². The first-order valence-electron chi connectivity index (χ1n) is 10.1. The van der Waals surface area contributed by atoms with E-state index in [9.17, 15) is 4.79 Å². The van der Waals surface area contributed by atoms with Gasteiger partial charge in [-0.1, -0.05) is 32.0 Å². The Morgan fingerprint density at radius 1 is 1.00 bits per heavy atom. The molecule has 2 aromatic heterocycles. The van der Waals surface area contributed by atoms with Gasteiger partial charge < -0.3 is 10.2 Å². The lowest BCUT2D eigenvalue weighted by Crippen LogP contribution is -2.22. The van der Waals surface area contributed by atoms with Crippen LogP contribution in [0.25, 0.3) is 0 Å². The van der Waals surface area contributed by atoms with Crippen LogP contribution in [0.5, 0.6) is 0 Å². The molecule has 1 amide bonds. The van der Waals surface area contributed by atoms with Crippen LogP contribution < -0.4 is 10.2 Å². The number of amides is 1. The third-order valence-corrected chi connectivity index (χ3v) is 5.12. The second-order valence-corrected chi connectivity index (χ2v) is 7.04. The molecule has 0 saturated carbocycles. The Bertz CT molecular complexity index is 934. The fraction of sp³-hybridized carbons (Fsp3) is 0.292. The molecule has 0 aliphatic heterocycles. The van der Waals surface area contributed by atoms with Crippen molar-refractivity contribution in [2.45, 2.75) is 33.1 Å². The third kappa shape index (κ3) is 5.19. The van der Waals surface area contributed by atoms with Crippen LogP contribution in [0.2, 0.25) is 0 Å². The van der Waals surface area contributed by atoms with Crippen molar-refractivity contribution in [3.05, 3.63) is 83.3 Å². The number of carbonyl (C=O) groups excluding carboxylic acids is 1. The van der Waals surface area contributed by atoms with Gasteiger partial charge in [-0.2, -0.15) is 0 Å². The van der Waals surface area contributed by atoms with Crippen molar-refractivity contribution < 1.29 is 4.79 Å². The van der Waals surface area contributed by atoms with E-state index in [4.69, 9.17) is 0 Å². The maximum Gasteiger partial charge on any atom is 0.255 e. The molecule has 0 saturated heterocycles. The molecular weight excluding hydrogens is 360 g/mol. The number of aryl methyl sites for hydroxylation is 2. The molecule has 1 N–H and O–H groups in total. The Morgan fingerprint density at radius 2 is 1.69 bits per heavy atom. The smallest absolute Gasteiger partial charge is 0.255 e. The number of benzene rings is 1. The zero-order valence-corrected chi connectivity index (χ0v) is 17.4. The third-order valence-electron chi connectivity index (χ3n) is 5.12. The number of para-hydroxylation sites is 1. The van der Waals surface area contributed by atoms with E-state index < -0.39 is 0 Å². The van der Waals surface area contributed by atoms with Crippen molar-refractivity contribution in [3.8, 4) is 0 Å². The highest BCUT2D eigenvalue weighted by atomic mass is 16.1. The summed E-state index contributed by atoms with van der Waals surface area (Å²) in [6, 6.07) is 13.8. The molecule has 29 heavy (non-hydrogen) atoms. The van der Waals surface area contributed by atoms with Crippen molar-refractivity contribution in [1.29, 1.82) is 0 Å². The summed E-state index contributed by atoms with van der Waals surface area (Å²) in [7, 11) is 1.99. The average molecular weight is 389 g/mol. The van der Waals surface area contributed by atoms with Gasteiger partial charge in [0.2, 0.25) is 0 Å². The van der Waals surface area contributed by atoms with Crippen molar-refractivity contribution in [2.24, 2.45) is 0 Å². The molecule has 0 atom stereocenters. The van der Waals surface area contributed by atoms with E-state index in [2.05, 4.69) is 52.2 Å². The van der Waals surface area contributed by atoms with Gasteiger partial charge in [0.15, 0.2) is 0 Å². The highest BCUT2D eigenvalue weighted by Gasteiger charge is 2.13. The normalized spacial score (nSPS) is 10.6. The van der Waals surface area contributed by atoms with E-state index in [0.29, 0.717) is 5.56 Å². The SMILES string of the molecule is CCc1cccc(CC)c1NC(=O)c1ccnc(N(C)CCc2ccncc2)c1. The quantitative estimate of drug-likeness (QED) is 0.616. The highest BCUT2D eigenvalue weighted by molar-refractivity contribution is 6.05. The summed E-state index contributed by atoms with van der Waals surface area (Å²) in [5.74, 6) is 0.679. The topological polar surface area (TPSA) is 58.1 Å². The van der Waals surface area contributed by atoms with E-state index in [1.807, 2.05) is 25.2 Å². The Balaban J connectivity index is 1.73. The molecule has 3 rings (SSSR count). The lowest BCUT2D eigenvalue weighted by molar-refractivity contribution is 0.102. The van der Waals surface area contributed by atoms with Crippen LogP contribution in [-0.2, 0) is 19.3 Å².